The van der Waals surface area contributed by atoms with E-state index in [0.717, 1.165) is 49.0 Å². The van der Waals surface area contributed by atoms with Gasteiger partial charge < -0.3 is 10.2 Å². The maximum absolute atomic E-state index is 6.25. The molecule has 3 rings (SSSR count). The average molecular weight is 415 g/mol. The van der Waals surface area contributed by atoms with E-state index in [9.17, 15) is 0 Å². The van der Waals surface area contributed by atoms with Gasteiger partial charge in [0.15, 0.2) is 5.11 Å². The molecule has 0 atom stereocenters. The molecule has 0 spiro atoms. The molecule has 1 aliphatic rings. The van der Waals surface area contributed by atoms with Crippen molar-refractivity contribution in [3.05, 3.63) is 63.1 Å². The molecule has 1 N–H and O–H groups in total. The number of halogens is 3. The van der Waals surface area contributed by atoms with Gasteiger partial charge in [0.25, 0.3) is 0 Å². The molecule has 2 aromatic carbocycles. The first-order valence-corrected chi connectivity index (χ1v) is 9.54. The van der Waals surface area contributed by atoms with Crippen LogP contribution in [0.3, 0.4) is 0 Å². The minimum atomic E-state index is 0.490. The zero-order valence-corrected chi connectivity index (χ0v) is 16.6. The summed E-state index contributed by atoms with van der Waals surface area (Å²) in [6, 6.07) is 13.4. The lowest BCUT2D eigenvalue weighted by atomic mass is 10.2. The molecule has 1 fully saturated rings. The van der Waals surface area contributed by atoms with Crippen molar-refractivity contribution in [1.29, 1.82) is 0 Å². The summed E-state index contributed by atoms with van der Waals surface area (Å²) < 4.78 is 0. The number of piperazine rings is 1. The third-order valence-electron chi connectivity index (χ3n) is 4.20. The van der Waals surface area contributed by atoms with E-state index >= 15 is 0 Å². The fraction of sp³-hybridized carbons (Fsp3) is 0.278. The highest BCUT2D eigenvalue weighted by Gasteiger charge is 2.20. The van der Waals surface area contributed by atoms with E-state index in [4.69, 9.17) is 47.0 Å². The van der Waals surface area contributed by atoms with Crippen LogP contribution in [0.1, 0.15) is 5.56 Å². The first kappa shape index (κ1) is 18.7. The number of hydrogen-bond donors (Lipinski definition) is 1. The van der Waals surface area contributed by atoms with Crippen LogP contribution in [0.15, 0.2) is 42.5 Å². The van der Waals surface area contributed by atoms with Gasteiger partial charge in [-0.3, -0.25) is 4.90 Å². The summed E-state index contributed by atoms with van der Waals surface area (Å²) in [7, 11) is 0. The number of thiocarbonyl (C=S) groups is 1. The Morgan fingerprint density at radius 1 is 0.920 bits per heavy atom. The fourth-order valence-electron chi connectivity index (χ4n) is 2.77. The van der Waals surface area contributed by atoms with Crippen molar-refractivity contribution < 1.29 is 0 Å². The highest BCUT2D eigenvalue weighted by Crippen LogP contribution is 2.29. The monoisotopic (exact) mass is 413 g/mol. The van der Waals surface area contributed by atoms with Crippen molar-refractivity contribution in [3.63, 3.8) is 0 Å². The third kappa shape index (κ3) is 4.78. The molecule has 0 unspecified atom stereocenters. The molecular formula is C18H18Cl3N3S. The zero-order chi connectivity index (χ0) is 17.8. The van der Waals surface area contributed by atoms with E-state index < -0.39 is 0 Å². The molecule has 0 bridgehead atoms. The molecule has 132 valence electrons. The summed E-state index contributed by atoms with van der Waals surface area (Å²) >= 11 is 24.0. The molecule has 1 aliphatic heterocycles. The van der Waals surface area contributed by atoms with E-state index in [1.807, 2.05) is 30.3 Å². The Kier molecular flexibility index (Phi) is 6.42. The number of nitrogens with zero attached hydrogens (tertiary/aromatic N) is 2. The predicted molar refractivity (Wildman–Crippen MR) is 111 cm³/mol. The molecule has 0 aromatic heterocycles. The number of hydrogen-bond acceptors (Lipinski definition) is 2. The number of benzene rings is 2. The second-order valence-corrected chi connectivity index (χ2v) is 7.47. The summed E-state index contributed by atoms with van der Waals surface area (Å²) in [6.07, 6.45) is 0. The van der Waals surface area contributed by atoms with Crippen LogP contribution in [0.25, 0.3) is 0 Å². The lowest BCUT2D eigenvalue weighted by Gasteiger charge is -2.36. The Balaban J connectivity index is 1.54. The Hall–Kier alpha value is -1.04. The van der Waals surface area contributed by atoms with Crippen LogP contribution in [0.2, 0.25) is 15.1 Å². The number of nitrogens with one attached hydrogen (secondary N) is 1. The maximum Gasteiger partial charge on any atom is 0.173 e. The highest BCUT2D eigenvalue weighted by atomic mass is 35.5. The SMILES string of the molecule is S=C(Nc1cccc(Cl)c1Cl)N1CCN(Cc2ccccc2Cl)CC1. The predicted octanol–water partition coefficient (Wildman–Crippen LogP) is 5.16. The van der Waals surface area contributed by atoms with Crippen LogP contribution >= 0.6 is 47.0 Å². The van der Waals surface area contributed by atoms with Crippen LogP contribution in [0.4, 0.5) is 5.69 Å². The maximum atomic E-state index is 6.25. The molecule has 0 radical (unpaired) electrons. The first-order valence-electron chi connectivity index (χ1n) is 8.00. The highest BCUT2D eigenvalue weighted by molar-refractivity contribution is 7.80. The normalized spacial score (nSPS) is 15.2. The van der Waals surface area contributed by atoms with Crippen molar-refractivity contribution in [1.82, 2.24) is 9.80 Å². The van der Waals surface area contributed by atoms with Gasteiger partial charge >= 0.3 is 0 Å². The molecule has 0 saturated carbocycles. The van der Waals surface area contributed by atoms with Crippen molar-refractivity contribution in [2.75, 3.05) is 31.5 Å². The van der Waals surface area contributed by atoms with Gasteiger partial charge in [0.2, 0.25) is 0 Å². The standard InChI is InChI=1S/C18H18Cl3N3S/c19-14-5-2-1-4-13(14)12-23-8-10-24(11-9-23)18(25)22-16-7-3-6-15(20)17(16)21/h1-7H,8-12H2,(H,22,25). The lowest BCUT2D eigenvalue weighted by Crippen LogP contribution is -2.49. The second kappa shape index (κ2) is 8.56. The molecule has 1 saturated heterocycles. The Morgan fingerprint density at radius 2 is 1.60 bits per heavy atom. The van der Waals surface area contributed by atoms with Crippen LogP contribution in [-0.2, 0) is 6.54 Å². The van der Waals surface area contributed by atoms with Gasteiger partial charge in [-0.05, 0) is 36.0 Å². The summed E-state index contributed by atoms with van der Waals surface area (Å²) in [4.78, 5) is 4.53. The minimum absolute atomic E-state index is 0.490. The summed E-state index contributed by atoms with van der Waals surface area (Å²) in [5.74, 6) is 0. The second-order valence-electron chi connectivity index (χ2n) is 5.89. The van der Waals surface area contributed by atoms with Gasteiger partial charge in [0.05, 0.1) is 15.7 Å². The van der Waals surface area contributed by atoms with Crippen LogP contribution in [0, 0.1) is 0 Å². The Bertz CT molecular complexity index is 761. The van der Waals surface area contributed by atoms with Gasteiger partial charge in [-0.25, -0.2) is 0 Å². The molecular weight excluding hydrogens is 397 g/mol. The van der Waals surface area contributed by atoms with Gasteiger partial charge in [-0.1, -0.05) is 59.1 Å². The Morgan fingerprint density at radius 3 is 2.32 bits per heavy atom. The molecule has 0 aliphatic carbocycles. The van der Waals surface area contributed by atoms with Crippen molar-refractivity contribution in [2.24, 2.45) is 0 Å². The molecule has 7 heteroatoms. The largest absolute Gasteiger partial charge is 0.346 e. The molecule has 1 heterocycles. The Labute approximate surface area is 168 Å². The molecule has 3 nitrogen and oxygen atoms in total. The van der Waals surface area contributed by atoms with E-state index in [-0.39, 0.29) is 0 Å². The van der Waals surface area contributed by atoms with Crippen LogP contribution in [-0.4, -0.2) is 41.1 Å². The van der Waals surface area contributed by atoms with Crippen molar-refractivity contribution >= 4 is 57.8 Å². The van der Waals surface area contributed by atoms with E-state index in [0.29, 0.717) is 15.2 Å². The van der Waals surface area contributed by atoms with E-state index in [1.165, 1.54) is 0 Å². The van der Waals surface area contributed by atoms with E-state index in [1.54, 1.807) is 6.07 Å². The molecule has 0 amide bonds. The number of anilines is 1. The molecule has 25 heavy (non-hydrogen) atoms. The van der Waals surface area contributed by atoms with Gasteiger partial charge in [0.1, 0.15) is 0 Å². The van der Waals surface area contributed by atoms with Crippen molar-refractivity contribution in [3.8, 4) is 0 Å². The van der Waals surface area contributed by atoms with Gasteiger partial charge in [-0.2, -0.15) is 0 Å². The van der Waals surface area contributed by atoms with E-state index in [2.05, 4.69) is 21.2 Å². The quantitative estimate of drug-likeness (QED) is 0.699. The third-order valence-corrected chi connectivity index (χ3v) is 5.75. The van der Waals surface area contributed by atoms with Crippen molar-refractivity contribution in [2.45, 2.75) is 6.54 Å². The topological polar surface area (TPSA) is 18.5 Å². The lowest BCUT2D eigenvalue weighted by molar-refractivity contribution is 0.177. The van der Waals surface area contributed by atoms with Crippen LogP contribution < -0.4 is 5.32 Å². The zero-order valence-electron chi connectivity index (χ0n) is 13.5. The average Bonchev–Trinajstić information content (AvgIpc) is 2.61. The van der Waals surface area contributed by atoms with Gasteiger partial charge in [-0.15, -0.1) is 0 Å². The minimum Gasteiger partial charge on any atom is -0.346 e. The first-order chi connectivity index (χ1) is 12.0. The van der Waals surface area contributed by atoms with Crippen LogP contribution in [0.5, 0.6) is 0 Å². The smallest absolute Gasteiger partial charge is 0.173 e. The summed E-state index contributed by atoms with van der Waals surface area (Å²) in [6.45, 7) is 4.42. The number of rotatable bonds is 3. The van der Waals surface area contributed by atoms with Gasteiger partial charge in [0, 0.05) is 37.7 Å². The summed E-state index contributed by atoms with van der Waals surface area (Å²) in [5, 5.41) is 5.68. The fourth-order valence-corrected chi connectivity index (χ4v) is 3.61. The molecule has 2 aromatic rings. The summed E-state index contributed by atoms with van der Waals surface area (Å²) in [5.41, 5.74) is 1.89.